The number of Topliss-reactive ketones (excluding diaryl/α,β-unsaturated/α-hetero) is 1. The lowest BCUT2D eigenvalue weighted by Gasteiger charge is -2.49. The molecule has 2 aromatic rings. The van der Waals surface area contributed by atoms with Crippen LogP contribution in [-0.4, -0.2) is 5.78 Å². The molecule has 5 rings (SSSR count). The fraction of sp³-hybridized carbons (Fsp3) is 0.348. The summed E-state index contributed by atoms with van der Waals surface area (Å²) >= 11 is 6.09. The number of benzene rings is 2. The lowest BCUT2D eigenvalue weighted by atomic mass is 9.68. The van der Waals surface area contributed by atoms with Gasteiger partial charge in [0.05, 0.1) is 0 Å². The third-order valence-electron chi connectivity index (χ3n) is 5.84. The number of fused-ring (bicyclic) bond motifs is 5. The van der Waals surface area contributed by atoms with E-state index in [4.69, 9.17) is 21.1 Å². The molecule has 0 aromatic heterocycles. The van der Waals surface area contributed by atoms with Crippen molar-refractivity contribution in [3.63, 3.8) is 0 Å². The molecule has 0 saturated carbocycles. The lowest BCUT2D eigenvalue weighted by Crippen LogP contribution is -2.47. The highest BCUT2D eigenvalue weighted by atomic mass is 35.5. The molecule has 138 valence electrons. The normalized spacial score (nSPS) is 28.0. The quantitative estimate of drug-likeness (QED) is 0.633. The van der Waals surface area contributed by atoms with E-state index in [-0.39, 0.29) is 17.1 Å². The highest BCUT2D eigenvalue weighted by Crippen LogP contribution is 2.57. The highest BCUT2D eigenvalue weighted by Gasteiger charge is 2.53. The van der Waals surface area contributed by atoms with Gasteiger partial charge >= 0.3 is 0 Å². The standard InChI is InChI=1S/C23H21ClO3/c1-22(2)12-18(25)21-17-11-23(27-20(21)13-22,14-7-9-15(24)10-8-14)26-19-6-4-3-5-16(17)19/h3-10,17H,11-13H2,1-2H3. The maximum absolute atomic E-state index is 13.0. The van der Waals surface area contributed by atoms with Crippen LogP contribution in [0.15, 0.2) is 59.9 Å². The first-order valence-electron chi connectivity index (χ1n) is 9.36. The average molecular weight is 381 g/mol. The molecule has 0 spiro atoms. The van der Waals surface area contributed by atoms with Gasteiger partial charge in [0.25, 0.3) is 5.79 Å². The van der Waals surface area contributed by atoms with Crippen LogP contribution in [0.3, 0.4) is 0 Å². The Labute approximate surface area is 163 Å². The number of allylic oxidation sites excluding steroid dienone is 2. The molecule has 2 atom stereocenters. The minimum atomic E-state index is -0.920. The van der Waals surface area contributed by atoms with Crippen LogP contribution < -0.4 is 4.74 Å². The van der Waals surface area contributed by atoms with Gasteiger partial charge in [0.1, 0.15) is 11.5 Å². The van der Waals surface area contributed by atoms with Gasteiger partial charge in [-0.2, -0.15) is 0 Å². The molecule has 2 aromatic carbocycles. The van der Waals surface area contributed by atoms with E-state index in [0.29, 0.717) is 17.9 Å². The zero-order chi connectivity index (χ0) is 18.8. The molecule has 0 radical (unpaired) electrons. The summed E-state index contributed by atoms with van der Waals surface area (Å²) in [5.41, 5.74) is 2.73. The molecule has 0 saturated heterocycles. The van der Waals surface area contributed by atoms with Crippen molar-refractivity contribution < 1.29 is 14.3 Å². The lowest BCUT2D eigenvalue weighted by molar-refractivity contribution is -0.195. The molecule has 0 amide bonds. The summed E-state index contributed by atoms with van der Waals surface area (Å²) < 4.78 is 13.0. The number of carbonyl (C=O) groups excluding carboxylic acids is 1. The van der Waals surface area contributed by atoms with Gasteiger partial charge in [0.2, 0.25) is 0 Å². The molecule has 3 aliphatic rings. The summed E-state index contributed by atoms with van der Waals surface area (Å²) in [4.78, 5) is 13.0. The van der Waals surface area contributed by atoms with Crippen LogP contribution in [0.1, 0.15) is 50.2 Å². The summed E-state index contributed by atoms with van der Waals surface area (Å²) in [6.45, 7) is 4.23. The molecule has 2 aliphatic heterocycles. The van der Waals surface area contributed by atoms with E-state index in [1.165, 1.54) is 0 Å². The summed E-state index contributed by atoms with van der Waals surface area (Å²) in [7, 11) is 0. The molecule has 0 fully saturated rings. The van der Waals surface area contributed by atoms with Crippen LogP contribution in [0, 0.1) is 5.41 Å². The van der Waals surface area contributed by atoms with E-state index in [0.717, 1.165) is 34.6 Å². The largest absolute Gasteiger partial charge is 0.452 e. The second kappa shape index (κ2) is 5.62. The molecule has 27 heavy (non-hydrogen) atoms. The molecule has 4 heteroatoms. The maximum Gasteiger partial charge on any atom is 0.278 e. The first kappa shape index (κ1) is 16.9. The third-order valence-corrected chi connectivity index (χ3v) is 6.09. The van der Waals surface area contributed by atoms with Crippen molar-refractivity contribution >= 4 is 17.4 Å². The van der Waals surface area contributed by atoms with E-state index in [2.05, 4.69) is 19.9 Å². The number of ether oxygens (including phenoxy) is 2. The Hall–Kier alpha value is -2.26. The van der Waals surface area contributed by atoms with Crippen molar-refractivity contribution in [3.05, 3.63) is 76.0 Å². The van der Waals surface area contributed by atoms with Crippen LogP contribution in [-0.2, 0) is 15.3 Å². The molecular formula is C23H21ClO3. The van der Waals surface area contributed by atoms with Gasteiger partial charge in [-0.05, 0) is 35.7 Å². The predicted molar refractivity (Wildman–Crippen MR) is 104 cm³/mol. The Morgan fingerprint density at radius 2 is 1.74 bits per heavy atom. The van der Waals surface area contributed by atoms with Crippen molar-refractivity contribution in [3.8, 4) is 5.75 Å². The summed E-state index contributed by atoms with van der Waals surface area (Å²) in [5, 5.41) is 0.674. The number of hydrogen-bond acceptors (Lipinski definition) is 3. The Morgan fingerprint density at radius 1 is 1.00 bits per heavy atom. The third kappa shape index (κ3) is 2.60. The fourth-order valence-corrected chi connectivity index (χ4v) is 4.80. The monoisotopic (exact) mass is 380 g/mol. The molecule has 2 unspecified atom stereocenters. The van der Waals surface area contributed by atoms with Gasteiger partial charge in [-0.3, -0.25) is 4.79 Å². The van der Waals surface area contributed by atoms with Crippen molar-refractivity contribution in [1.82, 2.24) is 0 Å². The van der Waals surface area contributed by atoms with Gasteiger partial charge in [0.15, 0.2) is 5.78 Å². The number of halogens is 1. The Kier molecular flexibility index (Phi) is 3.51. The van der Waals surface area contributed by atoms with Crippen LogP contribution in [0.25, 0.3) is 0 Å². The number of carbonyl (C=O) groups is 1. The minimum absolute atomic E-state index is 0.00187. The predicted octanol–water partition coefficient (Wildman–Crippen LogP) is 5.73. The van der Waals surface area contributed by atoms with Crippen molar-refractivity contribution in [2.45, 2.75) is 44.8 Å². The summed E-state index contributed by atoms with van der Waals surface area (Å²) in [6.07, 6.45) is 1.89. The first-order valence-corrected chi connectivity index (χ1v) is 9.74. The van der Waals surface area contributed by atoms with Gasteiger partial charge < -0.3 is 9.47 Å². The topological polar surface area (TPSA) is 35.5 Å². The van der Waals surface area contributed by atoms with Crippen molar-refractivity contribution in [1.29, 1.82) is 0 Å². The van der Waals surface area contributed by atoms with E-state index >= 15 is 0 Å². The van der Waals surface area contributed by atoms with E-state index in [1.54, 1.807) is 0 Å². The summed E-state index contributed by atoms with van der Waals surface area (Å²) in [6, 6.07) is 15.6. The zero-order valence-corrected chi connectivity index (χ0v) is 16.2. The molecule has 0 N–H and O–H groups in total. The smallest absolute Gasteiger partial charge is 0.278 e. The zero-order valence-electron chi connectivity index (χ0n) is 15.4. The minimum Gasteiger partial charge on any atom is -0.452 e. The van der Waals surface area contributed by atoms with Gasteiger partial charge in [0, 0.05) is 46.9 Å². The van der Waals surface area contributed by atoms with E-state index in [1.807, 2.05) is 42.5 Å². The Morgan fingerprint density at radius 3 is 2.52 bits per heavy atom. The number of ketones is 1. The van der Waals surface area contributed by atoms with Crippen LogP contribution in [0.2, 0.25) is 5.02 Å². The number of hydrogen-bond donors (Lipinski definition) is 0. The second-order valence-electron chi connectivity index (χ2n) is 8.54. The van der Waals surface area contributed by atoms with E-state index in [9.17, 15) is 4.79 Å². The van der Waals surface area contributed by atoms with Crippen molar-refractivity contribution in [2.75, 3.05) is 0 Å². The highest BCUT2D eigenvalue weighted by molar-refractivity contribution is 6.30. The second-order valence-corrected chi connectivity index (χ2v) is 8.97. The molecule has 2 bridgehead atoms. The van der Waals surface area contributed by atoms with Crippen LogP contribution in [0.4, 0.5) is 0 Å². The van der Waals surface area contributed by atoms with Crippen molar-refractivity contribution in [2.24, 2.45) is 5.41 Å². The van der Waals surface area contributed by atoms with Gasteiger partial charge in [-0.25, -0.2) is 0 Å². The average Bonchev–Trinajstić information content (AvgIpc) is 2.60. The van der Waals surface area contributed by atoms with Crippen LogP contribution in [0.5, 0.6) is 5.75 Å². The SMILES string of the molecule is CC1(C)CC(=O)C2=C(C1)OC1(c3ccc(Cl)cc3)CC2c2ccccc2O1. The molecule has 3 nitrogen and oxygen atoms in total. The van der Waals surface area contributed by atoms with Gasteiger partial charge in [-0.1, -0.05) is 43.6 Å². The van der Waals surface area contributed by atoms with Gasteiger partial charge in [-0.15, -0.1) is 0 Å². The number of para-hydroxylation sites is 1. The Balaban J connectivity index is 1.72. The summed E-state index contributed by atoms with van der Waals surface area (Å²) in [5.74, 6) is 0.853. The molecule has 2 heterocycles. The van der Waals surface area contributed by atoms with Crippen LogP contribution >= 0.6 is 11.6 Å². The molecule has 1 aliphatic carbocycles. The maximum atomic E-state index is 13.0. The fourth-order valence-electron chi connectivity index (χ4n) is 4.68. The Bertz CT molecular complexity index is 973. The first-order chi connectivity index (χ1) is 12.9. The van der Waals surface area contributed by atoms with E-state index < -0.39 is 5.79 Å². The molecular weight excluding hydrogens is 360 g/mol. The number of rotatable bonds is 1.